The minimum absolute atomic E-state index is 0.0654. The Morgan fingerprint density at radius 2 is 1.90 bits per heavy atom. The Labute approximate surface area is 166 Å². The van der Waals surface area contributed by atoms with Gasteiger partial charge in [-0.25, -0.2) is 0 Å². The summed E-state index contributed by atoms with van der Waals surface area (Å²) in [5.74, 6) is -0.479. The largest absolute Gasteiger partial charge is 0.495 e. The zero-order valence-corrected chi connectivity index (χ0v) is 16.0. The van der Waals surface area contributed by atoms with E-state index in [0.29, 0.717) is 17.0 Å². The van der Waals surface area contributed by atoms with Crippen LogP contribution < -0.4 is 15.0 Å². The van der Waals surface area contributed by atoms with E-state index < -0.39 is 17.7 Å². The molecule has 2 aromatic carbocycles. The second kappa shape index (κ2) is 8.14. The van der Waals surface area contributed by atoms with Crippen molar-refractivity contribution in [2.45, 2.75) is 26.1 Å². The number of ether oxygens (including phenoxy) is 1. The van der Waals surface area contributed by atoms with E-state index in [1.54, 1.807) is 6.07 Å². The minimum atomic E-state index is -4.40. The summed E-state index contributed by atoms with van der Waals surface area (Å²) in [7, 11) is 1.52. The van der Waals surface area contributed by atoms with Crippen LogP contribution in [0.5, 0.6) is 5.75 Å². The molecule has 1 fully saturated rings. The number of aryl methyl sites for hydroxylation is 1. The number of benzene rings is 2. The molecular weight excluding hydrogens is 385 g/mol. The summed E-state index contributed by atoms with van der Waals surface area (Å²) >= 11 is 0. The van der Waals surface area contributed by atoms with E-state index in [9.17, 15) is 22.8 Å². The van der Waals surface area contributed by atoms with Crippen LogP contribution in [0.3, 0.4) is 0 Å². The number of methoxy groups -OCH3 is 1. The molecule has 1 atom stereocenters. The first-order valence-corrected chi connectivity index (χ1v) is 9.08. The lowest BCUT2D eigenvalue weighted by atomic mass is 10.1. The van der Waals surface area contributed by atoms with Gasteiger partial charge in [0.1, 0.15) is 5.75 Å². The Bertz CT molecular complexity index is 910. The maximum Gasteiger partial charge on any atom is 0.416 e. The molecule has 1 N–H and O–H groups in total. The van der Waals surface area contributed by atoms with E-state index in [-0.39, 0.29) is 31.3 Å². The summed E-state index contributed by atoms with van der Waals surface area (Å²) in [5, 5.41) is 2.70. The van der Waals surface area contributed by atoms with Gasteiger partial charge >= 0.3 is 6.18 Å². The number of nitrogens with zero attached hydrogens (tertiary/aromatic N) is 1. The Morgan fingerprint density at radius 3 is 2.52 bits per heavy atom. The molecule has 8 heteroatoms. The Morgan fingerprint density at radius 1 is 1.21 bits per heavy atom. The second-order valence-corrected chi connectivity index (χ2v) is 6.99. The van der Waals surface area contributed by atoms with Crippen molar-refractivity contribution in [2.24, 2.45) is 5.92 Å². The first-order valence-electron chi connectivity index (χ1n) is 9.08. The zero-order chi connectivity index (χ0) is 21.2. The molecule has 0 aliphatic carbocycles. The fraction of sp³-hybridized carbons (Fsp3) is 0.333. The lowest BCUT2D eigenvalue weighted by Gasteiger charge is -2.20. The smallest absolute Gasteiger partial charge is 0.416 e. The number of hydrogen-bond acceptors (Lipinski definition) is 3. The van der Waals surface area contributed by atoms with Gasteiger partial charge in [-0.1, -0.05) is 18.2 Å². The number of amides is 2. The van der Waals surface area contributed by atoms with Crippen molar-refractivity contribution >= 4 is 17.5 Å². The molecule has 0 aromatic heterocycles. The van der Waals surface area contributed by atoms with Gasteiger partial charge in [-0.05, 0) is 42.3 Å². The molecule has 5 nitrogen and oxygen atoms in total. The minimum Gasteiger partial charge on any atom is -0.495 e. The molecule has 1 aliphatic heterocycles. The first kappa shape index (κ1) is 20.7. The quantitative estimate of drug-likeness (QED) is 0.824. The van der Waals surface area contributed by atoms with E-state index in [0.717, 1.165) is 17.7 Å². The number of carbonyl (C=O) groups excluding carboxylic acids is 2. The van der Waals surface area contributed by atoms with E-state index in [1.807, 2.05) is 19.1 Å². The fourth-order valence-electron chi connectivity index (χ4n) is 3.27. The van der Waals surface area contributed by atoms with E-state index in [4.69, 9.17) is 4.74 Å². The number of rotatable bonds is 5. The van der Waals surface area contributed by atoms with Crippen molar-refractivity contribution in [3.63, 3.8) is 0 Å². The average molecular weight is 406 g/mol. The SMILES string of the molecule is COc1ccc(C)cc1N1CC(C(=O)NCc2ccc(C(F)(F)F)cc2)CC1=O. The van der Waals surface area contributed by atoms with Crippen LogP contribution in [0.4, 0.5) is 18.9 Å². The van der Waals surface area contributed by atoms with Crippen LogP contribution in [0.25, 0.3) is 0 Å². The summed E-state index contributed by atoms with van der Waals surface area (Å²) in [5.41, 5.74) is 1.39. The van der Waals surface area contributed by atoms with Gasteiger partial charge in [0.05, 0.1) is 24.3 Å². The first-order chi connectivity index (χ1) is 13.7. The van der Waals surface area contributed by atoms with Gasteiger partial charge in [-0.2, -0.15) is 13.2 Å². The number of carbonyl (C=O) groups is 2. The molecule has 2 amide bonds. The lowest BCUT2D eigenvalue weighted by molar-refractivity contribution is -0.137. The summed E-state index contributed by atoms with van der Waals surface area (Å²) < 4.78 is 43.2. The van der Waals surface area contributed by atoms with Gasteiger partial charge in [0.2, 0.25) is 11.8 Å². The lowest BCUT2D eigenvalue weighted by Crippen LogP contribution is -2.32. The molecule has 29 heavy (non-hydrogen) atoms. The van der Waals surface area contributed by atoms with Crippen LogP contribution >= 0.6 is 0 Å². The molecule has 2 aromatic rings. The number of halogens is 3. The van der Waals surface area contributed by atoms with Crippen molar-refractivity contribution < 1.29 is 27.5 Å². The Kier molecular flexibility index (Phi) is 5.81. The van der Waals surface area contributed by atoms with Crippen LogP contribution in [0, 0.1) is 12.8 Å². The highest BCUT2D eigenvalue weighted by Gasteiger charge is 2.36. The maximum absolute atomic E-state index is 12.6. The van der Waals surface area contributed by atoms with Crippen molar-refractivity contribution in [2.75, 3.05) is 18.6 Å². The molecule has 0 spiro atoms. The molecule has 1 unspecified atom stereocenters. The van der Waals surface area contributed by atoms with Gasteiger partial charge in [0, 0.05) is 19.5 Å². The monoisotopic (exact) mass is 406 g/mol. The van der Waals surface area contributed by atoms with Gasteiger partial charge in [0.25, 0.3) is 0 Å². The average Bonchev–Trinajstić information content (AvgIpc) is 3.07. The standard InChI is InChI=1S/C21H21F3N2O3/c1-13-3-8-18(29-2)17(9-13)26-12-15(10-19(26)27)20(28)25-11-14-4-6-16(7-5-14)21(22,23)24/h3-9,15H,10-12H2,1-2H3,(H,25,28). The molecule has 1 aliphatic rings. The van der Waals surface area contributed by atoms with Crippen LogP contribution in [-0.4, -0.2) is 25.5 Å². The van der Waals surface area contributed by atoms with Gasteiger partial charge in [-0.15, -0.1) is 0 Å². The van der Waals surface area contributed by atoms with E-state index in [1.165, 1.54) is 24.1 Å². The molecule has 0 bridgehead atoms. The predicted molar refractivity (Wildman–Crippen MR) is 101 cm³/mol. The normalized spacial score (nSPS) is 16.8. The Hall–Kier alpha value is -3.03. The third kappa shape index (κ3) is 4.70. The van der Waals surface area contributed by atoms with E-state index in [2.05, 4.69) is 5.32 Å². The molecule has 1 heterocycles. The van der Waals surface area contributed by atoms with Gasteiger partial charge in [-0.3, -0.25) is 9.59 Å². The molecule has 0 radical (unpaired) electrons. The molecule has 0 saturated carbocycles. The van der Waals surface area contributed by atoms with Crippen LogP contribution in [0.2, 0.25) is 0 Å². The third-order valence-corrected chi connectivity index (χ3v) is 4.87. The predicted octanol–water partition coefficient (Wildman–Crippen LogP) is 3.69. The molecular formula is C21H21F3N2O3. The van der Waals surface area contributed by atoms with Gasteiger partial charge in [0.15, 0.2) is 0 Å². The van der Waals surface area contributed by atoms with Crippen molar-refractivity contribution in [3.8, 4) is 5.75 Å². The Balaban J connectivity index is 1.63. The summed E-state index contributed by atoms with van der Waals surface area (Å²) in [6.45, 7) is 2.21. The highest BCUT2D eigenvalue weighted by molar-refractivity contribution is 6.01. The van der Waals surface area contributed by atoms with Crippen LogP contribution in [0.1, 0.15) is 23.1 Å². The number of anilines is 1. The number of hydrogen-bond donors (Lipinski definition) is 1. The maximum atomic E-state index is 12.6. The van der Waals surface area contributed by atoms with Crippen molar-refractivity contribution in [1.29, 1.82) is 0 Å². The molecule has 1 saturated heterocycles. The van der Waals surface area contributed by atoms with E-state index >= 15 is 0 Å². The van der Waals surface area contributed by atoms with Crippen LogP contribution in [0.15, 0.2) is 42.5 Å². The van der Waals surface area contributed by atoms with Crippen LogP contribution in [-0.2, 0) is 22.3 Å². The van der Waals surface area contributed by atoms with Crippen molar-refractivity contribution in [3.05, 3.63) is 59.2 Å². The zero-order valence-electron chi connectivity index (χ0n) is 16.0. The highest BCUT2D eigenvalue weighted by atomic mass is 19.4. The second-order valence-electron chi connectivity index (χ2n) is 6.99. The molecule has 154 valence electrons. The number of alkyl halides is 3. The highest BCUT2D eigenvalue weighted by Crippen LogP contribution is 2.34. The summed E-state index contributed by atoms with van der Waals surface area (Å²) in [6.07, 6.45) is -4.33. The topological polar surface area (TPSA) is 58.6 Å². The summed E-state index contributed by atoms with van der Waals surface area (Å²) in [4.78, 5) is 26.5. The number of nitrogens with one attached hydrogen (secondary N) is 1. The third-order valence-electron chi connectivity index (χ3n) is 4.87. The van der Waals surface area contributed by atoms with Gasteiger partial charge < -0.3 is 15.0 Å². The summed E-state index contributed by atoms with van der Waals surface area (Å²) in [6, 6.07) is 10.1. The van der Waals surface area contributed by atoms with Crippen molar-refractivity contribution in [1.82, 2.24) is 5.32 Å². The fourth-order valence-corrected chi connectivity index (χ4v) is 3.27. The molecule has 3 rings (SSSR count).